The van der Waals surface area contributed by atoms with Crippen molar-refractivity contribution in [3.8, 4) is 0 Å². The minimum Gasteiger partial charge on any atom is -0.364 e. The zero-order chi connectivity index (χ0) is 15.6. The van der Waals surface area contributed by atoms with E-state index in [1.54, 1.807) is 6.33 Å². The van der Waals surface area contributed by atoms with Crippen molar-refractivity contribution in [2.24, 2.45) is 0 Å². The van der Waals surface area contributed by atoms with Crippen molar-refractivity contribution in [3.63, 3.8) is 0 Å². The highest BCUT2D eigenvalue weighted by atomic mass is 15.3. The average Bonchev–Trinajstić information content (AvgIpc) is 3.25. The van der Waals surface area contributed by atoms with Gasteiger partial charge in [-0.15, -0.1) is 0 Å². The van der Waals surface area contributed by atoms with Crippen molar-refractivity contribution >= 4 is 16.7 Å². The normalized spacial score (nSPS) is 15.3. The fourth-order valence-corrected chi connectivity index (χ4v) is 3.39. The summed E-state index contributed by atoms with van der Waals surface area (Å²) in [7, 11) is 0. The Morgan fingerprint density at radius 1 is 1.17 bits per heavy atom. The van der Waals surface area contributed by atoms with Crippen molar-refractivity contribution < 1.29 is 0 Å². The molecule has 5 heteroatoms. The summed E-state index contributed by atoms with van der Waals surface area (Å²) >= 11 is 0. The SMILES string of the molecule is Cc1cccc2c(NCc3ccn(C4CCCC4)n3)ncnc12. The number of para-hydroxylation sites is 1. The molecule has 5 nitrogen and oxygen atoms in total. The molecule has 1 aromatic carbocycles. The summed E-state index contributed by atoms with van der Waals surface area (Å²) in [5.41, 5.74) is 3.22. The van der Waals surface area contributed by atoms with Gasteiger partial charge in [-0.05, 0) is 37.5 Å². The molecule has 0 amide bonds. The quantitative estimate of drug-likeness (QED) is 0.795. The van der Waals surface area contributed by atoms with E-state index in [4.69, 9.17) is 5.10 Å². The minimum absolute atomic E-state index is 0.589. The highest BCUT2D eigenvalue weighted by Gasteiger charge is 2.17. The van der Waals surface area contributed by atoms with Gasteiger partial charge < -0.3 is 5.32 Å². The molecule has 0 unspecified atom stereocenters. The monoisotopic (exact) mass is 307 g/mol. The minimum atomic E-state index is 0.589. The molecule has 3 aromatic rings. The molecule has 0 spiro atoms. The number of nitrogens with zero attached hydrogens (tertiary/aromatic N) is 4. The first-order chi connectivity index (χ1) is 11.3. The molecule has 0 saturated heterocycles. The number of aromatic nitrogens is 4. The number of nitrogens with one attached hydrogen (secondary N) is 1. The number of aryl methyl sites for hydroxylation is 1. The Balaban J connectivity index is 1.52. The van der Waals surface area contributed by atoms with Gasteiger partial charge in [0, 0.05) is 11.6 Å². The fourth-order valence-electron chi connectivity index (χ4n) is 3.39. The summed E-state index contributed by atoms with van der Waals surface area (Å²) in [6, 6.07) is 8.86. The maximum absolute atomic E-state index is 4.72. The van der Waals surface area contributed by atoms with Crippen molar-refractivity contribution in [1.29, 1.82) is 0 Å². The molecule has 1 saturated carbocycles. The lowest BCUT2D eigenvalue weighted by Gasteiger charge is -2.10. The molecule has 1 N–H and O–H groups in total. The number of fused-ring (bicyclic) bond motifs is 1. The van der Waals surface area contributed by atoms with Gasteiger partial charge in [0.2, 0.25) is 0 Å². The third-order valence-corrected chi connectivity index (χ3v) is 4.67. The topological polar surface area (TPSA) is 55.6 Å². The molecule has 1 aliphatic carbocycles. The van der Waals surface area contributed by atoms with E-state index in [1.165, 1.54) is 31.2 Å². The van der Waals surface area contributed by atoms with Crippen LogP contribution in [-0.2, 0) is 6.54 Å². The molecule has 2 heterocycles. The molecule has 1 fully saturated rings. The second-order valence-electron chi connectivity index (χ2n) is 6.27. The third-order valence-electron chi connectivity index (χ3n) is 4.67. The fraction of sp³-hybridized carbons (Fsp3) is 0.389. The second-order valence-corrected chi connectivity index (χ2v) is 6.27. The van der Waals surface area contributed by atoms with Crippen LogP contribution in [0, 0.1) is 6.92 Å². The number of hydrogen-bond donors (Lipinski definition) is 1. The zero-order valence-corrected chi connectivity index (χ0v) is 13.4. The largest absolute Gasteiger partial charge is 0.364 e. The van der Waals surface area contributed by atoms with E-state index in [-0.39, 0.29) is 0 Å². The number of hydrogen-bond acceptors (Lipinski definition) is 4. The second kappa shape index (κ2) is 5.99. The summed E-state index contributed by atoms with van der Waals surface area (Å²) in [6.45, 7) is 2.75. The van der Waals surface area contributed by atoms with E-state index < -0.39 is 0 Å². The van der Waals surface area contributed by atoms with Crippen molar-refractivity contribution in [1.82, 2.24) is 19.7 Å². The Bertz CT molecular complexity index is 817. The molecular formula is C18H21N5. The van der Waals surface area contributed by atoms with E-state index in [0.717, 1.165) is 22.4 Å². The molecule has 118 valence electrons. The van der Waals surface area contributed by atoms with Crippen LogP contribution < -0.4 is 5.32 Å². The lowest BCUT2D eigenvalue weighted by molar-refractivity contribution is 0.463. The number of rotatable bonds is 4. The van der Waals surface area contributed by atoms with Gasteiger partial charge >= 0.3 is 0 Å². The zero-order valence-electron chi connectivity index (χ0n) is 13.4. The maximum Gasteiger partial charge on any atom is 0.137 e. The lowest BCUT2D eigenvalue weighted by atomic mass is 10.1. The van der Waals surface area contributed by atoms with Gasteiger partial charge in [0.25, 0.3) is 0 Å². The standard InChI is InChI=1S/C18H21N5/c1-13-5-4-8-16-17(13)20-12-21-18(16)19-11-14-9-10-23(22-14)15-6-2-3-7-15/h4-5,8-10,12,15H,2-3,6-7,11H2,1H3,(H,19,20,21). The van der Waals surface area contributed by atoms with Crippen LogP contribution in [0.3, 0.4) is 0 Å². The van der Waals surface area contributed by atoms with Gasteiger partial charge in [0.15, 0.2) is 0 Å². The van der Waals surface area contributed by atoms with E-state index in [0.29, 0.717) is 12.6 Å². The summed E-state index contributed by atoms with van der Waals surface area (Å²) < 4.78 is 2.13. The van der Waals surface area contributed by atoms with E-state index in [9.17, 15) is 0 Å². The van der Waals surface area contributed by atoms with Crippen LogP contribution in [0.2, 0.25) is 0 Å². The smallest absolute Gasteiger partial charge is 0.137 e. The third kappa shape index (κ3) is 2.79. The molecule has 4 rings (SSSR count). The van der Waals surface area contributed by atoms with Crippen LogP contribution in [0.4, 0.5) is 5.82 Å². The molecule has 0 aliphatic heterocycles. The Hall–Kier alpha value is -2.43. The Labute approximate surface area is 135 Å². The summed E-state index contributed by atoms with van der Waals surface area (Å²) in [5, 5.41) is 9.18. The van der Waals surface area contributed by atoms with Crippen LogP contribution in [0.5, 0.6) is 0 Å². The van der Waals surface area contributed by atoms with Crippen molar-refractivity contribution in [2.45, 2.75) is 45.2 Å². The van der Waals surface area contributed by atoms with Crippen LogP contribution in [0.15, 0.2) is 36.8 Å². The van der Waals surface area contributed by atoms with Gasteiger partial charge in [-0.25, -0.2) is 9.97 Å². The number of benzene rings is 1. The molecule has 23 heavy (non-hydrogen) atoms. The van der Waals surface area contributed by atoms with Gasteiger partial charge in [0.05, 0.1) is 23.8 Å². The van der Waals surface area contributed by atoms with Crippen LogP contribution in [-0.4, -0.2) is 19.7 Å². The Kier molecular flexibility index (Phi) is 3.69. The summed E-state index contributed by atoms with van der Waals surface area (Å²) in [4.78, 5) is 8.77. The Morgan fingerprint density at radius 2 is 2.04 bits per heavy atom. The molecule has 0 atom stereocenters. The van der Waals surface area contributed by atoms with Gasteiger partial charge in [-0.2, -0.15) is 5.10 Å². The van der Waals surface area contributed by atoms with E-state index in [1.807, 2.05) is 6.07 Å². The van der Waals surface area contributed by atoms with Gasteiger partial charge in [0.1, 0.15) is 12.1 Å². The first-order valence-electron chi connectivity index (χ1n) is 8.29. The van der Waals surface area contributed by atoms with Crippen molar-refractivity contribution in [3.05, 3.63) is 48.0 Å². The summed E-state index contributed by atoms with van der Waals surface area (Å²) in [5.74, 6) is 0.870. The van der Waals surface area contributed by atoms with Gasteiger partial charge in [-0.3, -0.25) is 4.68 Å². The average molecular weight is 307 g/mol. The first-order valence-corrected chi connectivity index (χ1v) is 8.29. The van der Waals surface area contributed by atoms with Crippen LogP contribution >= 0.6 is 0 Å². The lowest BCUT2D eigenvalue weighted by Crippen LogP contribution is -2.08. The number of anilines is 1. The van der Waals surface area contributed by atoms with Crippen LogP contribution in [0.25, 0.3) is 10.9 Å². The maximum atomic E-state index is 4.72. The van der Waals surface area contributed by atoms with Gasteiger partial charge in [-0.1, -0.05) is 25.0 Å². The molecule has 0 radical (unpaired) electrons. The highest BCUT2D eigenvalue weighted by Crippen LogP contribution is 2.28. The van der Waals surface area contributed by atoms with E-state index >= 15 is 0 Å². The summed E-state index contributed by atoms with van der Waals surface area (Å²) in [6.07, 6.45) is 8.88. The molecular weight excluding hydrogens is 286 g/mol. The Morgan fingerprint density at radius 3 is 2.91 bits per heavy atom. The van der Waals surface area contributed by atoms with Crippen molar-refractivity contribution in [2.75, 3.05) is 5.32 Å². The first kappa shape index (κ1) is 14.2. The molecule has 2 aromatic heterocycles. The predicted octanol–water partition coefficient (Wildman–Crippen LogP) is 3.86. The van der Waals surface area contributed by atoms with E-state index in [2.05, 4.69) is 51.3 Å². The predicted molar refractivity (Wildman–Crippen MR) is 91.3 cm³/mol. The molecule has 0 bridgehead atoms. The van der Waals surface area contributed by atoms with Crippen LogP contribution in [0.1, 0.15) is 43.0 Å². The highest BCUT2D eigenvalue weighted by molar-refractivity contribution is 5.90. The molecule has 1 aliphatic rings.